The summed E-state index contributed by atoms with van der Waals surface area (Å²) in [6.07, 6.45) is 6.91. The number of methoxy groups -OCH3 is 1. The fraction of sp³-hybridized carbons (Fsp3) is 0.750. The number of hydrogen-bond acceptors (Lipinski definition) is 3. The minimum Gasteiger partial charge on any atom is -0.382 e. The van der Waals surface area contributed by atoms with E-state index >= 15 is 0 Å². The first-order chi connectivity index (χ1) is 7.83. The Morgan fingerprint density at radius 1 is 1.50 bits per heavy atom. The van der Waals surface area contributed by atoms with Gasteiger partial charge in [0, 0.05) is 13.7 Å². The van der Waals surface area contributed by atoms with E-state index in [0.29, 0.717) is 13.2 Å². The van der Waals surface area contributed by atoms with Gasteiger partial charge in [-0.3, -0.25) is 4.79 Å². The molecular formula is C12H21NO3. The molecular weight excluding hydrogens is 206 g/mol. The molecule has 0 heterocycles. The van der Waals surface area contributed by atoms with Gasteiger partial charge >= 0.3 is 0 Å². The van der Waals surface area contributed by atoms with Gasteiger partial charge in [-0.05, 0) is 25.7 Å². The fourth-order valence-electron chi connectivity index (χ4n) is 1.69. The summed E-state index contributed by atoms with van der Waals surface area (Å²) in [5.74, 6) is -0.0466. The highest BCUT2D eigenvalue weighted by Gasteiger charge is 2.05. The minimum atomic E-state index is -0.0466. The summed E-state index contributed by atoms with van der Waals surface area (Å²) in [7, 11) is 1.61. The largest absolute Gasteiger partial charge is 0.382 e. The lowest BCUT2D eigenvalue weighted by atomic mass is 10.2. The molecule has 0 spiro atoms. The molecule has 4 nitrogen and oxygen atoms in total. The van der Waals surface area contributed by atoms with Gasteiger partial charge in [-0.15, -0.1) is 0 Å². The zero-order chi connectivity index (χ0) is 11.6. The van der Waals surface area contributed by atoms with Crippen LogP contribution in [-0.2, 0) is 14.3 Å². The molecule has 0 unspecified atom stereocenters. The Hall–Kier alpha value is -0.870. The third-order valence-electron chi connectivity index (χ3n) is 2.57. The van der Waals surface area contributed by atoms with Crippen molar-refractivity contribution in [2.45, 2.75) is 25.7 Å². The Labute approximate surface area is 97.0 Å². The van der Waals surface area contributed by atoms with Crippen molar-refractivity contribution in [2.24, 2.45) is 0 Å². The molecule has 0 aliphatic heterocycles. The number of carbonyl (C=O) groups excluding carboxylic acids is 1. The molecule has 0 aromatic carbocycles. The third kappa shape index (κ3) is 5.88. The van der Waals surface area contributed by atoms with Crippen molar-refractivity contribution >= 4 is 5.91 Å². The molecule has 1 aliphatic carbocycles. The molecule has 1 rings (SSSR count). The molecule has 0 atom stereocenters. The van der Waals surface area contributed by atoms with Crippen LogP contribution in [0.25, 0.3) is 0 Å². The lowest BCUT2D eigenvalue weighted by Crippen LogP contribution is -2.29. The summed E-state index contributed by atoms with van der Waals surface area (Å²) < 4.78 is 9.91. The van der Waals surface area contributed by atoms with Gasteiger partial charge in [-0.2, -0.15) is 0 Å². The van der Waals surface area contributed by atoms with Gasteiger partial charge in [0.25, 0.3) is 0 Å². The lowest BCUT2D eigenvalue weighted by molar-refractivity contribution is -0.126. The molecule has 92 valence electrons. The molecule has 1 N–H and O–H groups in total. The number of ether oxygens (including phenoxy) is 2. The maximum Gasteiger partial charge on any atom is 0.246 e. The second kappa shape index (κ2) is 8.30. The first-order valence-electron chi connectivity index (χ1n) is 5.84. The molecule has 1 amide bonds. The Morgan fingerprint density at radius 3 is 3.06 bits per heavy atom. The molecule has 0 saturated heterocycles. The van der Waals surface area contributed by atoms with E-state index in [1.165, 1.54) is 24.8 Å². The highest BCUT2D eigenvalue weighted by molar-refractivity contribution is 5.77. The van der Waals surface area contributed by atoms with Crippen LogP contribution >= 0.6 is 0 Å². The predicted octanol–water partition coefficient (Wildman–Crippen LogP) is 1.27. The Kier molecular flexibility index (Phi) is 6.85. The van der Waals surface area contributed by atoms with Crippen LogP contribution in [0, 0.1) is 0 Å². The summed E-state index contributed by atoms with van der Waals surface area (Å²) in [5.41, 5.74) is 1.47. The number of allylic oxidation sites excluding steroid dienone is 1. The summed E-state index contributed by atoms with van der Waals surface area (Å²) in [6, 6.07) is 0. The van der Waals surface area contributed by atoms with Crippen molar-refractivity contribution in [1.29, 1.82) is 0 Å². The van der Waals surface area contributed by atoms with Gasteiger partial charge in [0.05, 0.1) is 13.2 Å². The first kappa shape index (κ1) is 13.2. The molecule has 4 heteroatoms. The Morgan fingerprint density at radius 2 is 2.38 bits per heavy atom. The van der Waals surface area contributed by atoms with Crippen LogP contribution < -0.4 is 5.32 Å². The SMILES string of the molecule is COCCOCC(=O)NCCC1=CCCC1. The van der Waals surface area contributed by atoms with E-state index in [0.717, 1.165) is 13.0 Å². The van der Waals surface area contributed by atoms with E-state index < -0.39 is 0 Å². The van der Waals surface area contributed by atoms with Crippen molar-refractivity contribution in [1.82, 2.24) is 5.32 Å². The van der Waals surface area contributed by atoms with Gasteiger partial charge < -0.3 is 14.8 Å². The number of carbonyl (C=O) groups is 1. The van der Waals surface area contributed by atoms with Crippen molar-refractivity contribution < 1.29 is 14.3 Å². The highest BCUT2D eigenvalue weighted by atomic mass is 16.5. The molecule has 0 aromatic rings. The maximum absolute atomic E-state index is 11.3. The molecule has 0 aromatic heterocycles. The van der Waals surface area contributed by atoms with Gasteiger partial charge in [-0.1, -0.05) is 11.6 Å². The minimum absolute atomic E-state index is 0.0466. The average molecular weight is 227 g/mol. The van der Waals surface area contributed by atoms with Crippen LogP contribution in [0.1, 0.15) is 25.7 Å². The Bertz CT molecular complexity index is 238. The predicted molar refractivity (Wildman–Crippen MR) is 62.3 cm³/mol. The lowest BCUT2D eigenvalue weighted by Gasteiger charge is -2.06. The topological polar surface area (TPSA) is 47.6 Å². The van der Waals surface area contributed by atoms with E-state index in [9.17, 15) is 4.79 Å². The second-order valence-electron chi connectivity index (χ2n) is 3.90. The summed E-state index contributed by atoms with van der Waals surface area (Å²) in [6.45, 7) is 1.84. The van der Waals surface area contributed by atoms with Crippen molar-refractivity contribution in [3.05, 3.63) is 11.6 Å². The van der Waals surface area contributed by atoms with Crippen molar-refractivity contribution in [2.75, 3.05) is 33.5 Å². The van der Waals surface area contributed by atoms with Gasteiger partial charge in [0.1, 0.15) is 6.61 Å². The van der Waals surface area contributed by atoms with Crippen molar-refractivity contribution in [3.8, 4) is 0 Å². The molecule has 0 saturated carbocycles. The van der Waals surface area contributed by atoms with E-state index in [1.54, 1.807) is 7.11 Å². The fourth-order valence-corrected chi connectivity index (χ4v) is 1.69. The second-order valence-corrected chi connectivity index (χ2v) is 3.90. The van der Waals surface area contributed by atoms with Crippen LogP contribution in [0.5, 0.6) is 0 Å². The van der Waals surface area contributed by atoms with Gasteiger partial charge in [-0.25, -0.2) is 0 Å². The van der Waals surface area contributed by atoms with Crippen LogP contribution in [0.3, 0.4) is 0 Å². The quantitative estimate of drug-likeness (QED) is 0.502. The maximum atomic E-state index is 11.3. The standard InChI is InChI=1S/C12H21NO3/c1-15-8-9-16-10-12(14)13-7-6-11-4-2-3-5-11/h4H,2-3,5-10H2,1H3,(H,13,14). The van der Waals surface area contributed by atoms with E-state index in [1.807, 2.05) is 0 Å². The number of nitrogens with one attached hydrogen (secondary N) is 1. The van der Waals surface area contributed by atoms with E-state index in [-0.39, 0.29) is 12.5 Å². The Balaban J connectivity index is 1.93. The molecule has 1 aliphatic rings. The highest BCUT2D eigenvalue weighted by Crippen LogP contribution is 2.19. The third-order valence-corrected chi connectivity index (χ3v) is 2.57. The molecule has 0 radical (unpaired) electrons. The van der Waals surface area contributed by atoms with E-state index in [2.05, 4.69) is 11.4 Å². The van der Waals surface area contributed by atoms with Crippen LogP contribution in [-0.4, -0.2) is 39.4 Å². The molecule has 16 heavy (non-hydrogen) atoms. The van der Waals surface area contributed by atoms with Gasteiger partial charge in [0.15, 0.2) is 0 Å². The molecule has 0 fully saturated rings. The van der Waals surface area contributed by atoms with Crippen LogP contribution in [0.2, 0.25) is 0 Å². The molecule has 0 bridgehead atoms. The summed E-state index contributed by atoms with van der Waals surface area (Å²) in [4.78, 5) is 11.3. The normalized spacial score (nSPS) is 14.9. The van der Waals surface area contributed by atoms with Gasteiger partial charge in [0.2, 0.25) is 5.91 Å². The number of rotatable bonds is 8. The first-order valence-corrected chi connectivity index (χ1v) is 5.84. The van der Waals surface area contributed by atoms with Crippen molar-refractivity contribution in [3.63, 3.8) is 0 Å². The number of hydrogen-bond donors (Lipinski definition) is 1. The monoisotopic (exact) mass is 227 g/mol. The van der Waals surface area contributed by atoms with Crippen LogP contribution in [0.4, 0.5) is 0 Å². The summed E-state index contributed by atoms with van der Waals surface area (Å²) in [5, 5.41) is 2.84. The van der Waals surface area contributed by atoms with Crippen LogP contribution in [0.15, 0.2) is 11.6 Å². The summed E-state index contributed by atoms with van der Waals surface area (Å²) >= 11 is 0. The van der Waals surface area contributed by atoms with E-state index in [4.69, 9.17) is 9.47 Å². The average Bonchev–Trinajstić information content (AvgIpc) is 2.77. The zero-order valence-electron chi connectivity index (χ0n) is 9.96. The smallest absolute Gasteiger partial charge is 0.246 e. The number of amides is 1. The zero-order valence-corrected chi connectivity index (χ0v) is 9.96.